The van der Waals surface area contributed by atoms with Crippen LogP contribution in [0.3, 0.4) is 0 Å². The highest BCUT2D eigenvalue weighted by atomic mass is 32.3. The maximum Gasteiger partial charge on any atom is 0.492 e. The molecule has 1 aromatic carbocycles. The van der Waals surface area contributed by atoms with Crippen molar-refractivity contribution in [2.45, 2.75) is 24.2 Å². The molecule has 0 aromatic heterocycles. The lowest BCUT2D eigenvalue weighted by Crippen LogP contribution is -2.32. The summed E-state index contributed by atoms with van der Waals surface area (Å²) in [6, 6.07) is 6.21. The maximum atomic E-state index is 12.4. The Labute approximate surface area is 128 Å². The normalized spacial score (nSPS) is 13.3. The molecular weight excluding hydrogens is 354 g/mol. The number of benzene rings is 1. The smallest absolute Gasteiger partial charge is 0.331 e. The van der Waals surface area contributed by atoms with E-state index in [0.717, 1.165) is 19.1 Å². The van der Waals surface area contributed by atoms with E-state index in [0.29, 0.717) is 0 Å². The molecule has 0 fully saturated rings. The van der Waals surface area contributed by atoms with Gasteiger partial charge in [0.25, 0.3) is 0 Å². The summed E-state index contributed by atoms with van der Waals surface area (Å²) in [6.07, 6.45) is -10.9. The Morgan fingerprint density at radius 3 is 1.61 bits per heavy atom. The maximum absolute atomic E-state index is 12.4. The van der Waals surface area contributed by atoms with E-state index in [1.54, 1.807) is 0 Å². The molecule has 4 nitrogen and oxygen atoms in total. The number of rotatable bonds is 4. The van der Waals surface area contributed by atoms with Crippen LogP contribution in [0.5, 0.6) is 0 Å². The van der Waals surface area contributed by atoms with E-state index in [1.807, 2.05) is 0 Å². The lowest BCUT2D eigenvalue weighted by molar-refractivity contribution is -0.193. The van der Waals surface area contributed by atoms with Gasteiger partial charge in [-0.2, -0.15) is 26.3 Å². The molecular formula is C12H10F6O4S. The monoisotopic (exact) mass is 364 g/mol. The third-order valence-corrected chi connectivity index (χ3v) is 4.96. The quantitative estimate of drug-likeness (QED) is 0.760. The standard InChI is InChI=1S/C12H10F6O4S/c1-2-23(8-6-4-3-5-7-8,21-9(19)11(13,14)15)22-10(20)12(16,17)18/h3-7H,2H2,1H3. The minimum Gasteiger partial charge on any atom is -0.331 e. The zero-order valence-corrected chi connectivity index (χ0v) is 12.2. The first-order valence-electron chi connectivity index (χ1n) is 5.89. The van der Waals surface area contributed by atoms with Gasteiger partial charge in [-0.1, -0.05) is 28.8 Å². The van der Waals surface area contributed by atoms with Crippen molar-refractivity contribution in [3.8, 4) is 0 Å². The van der Waals surface area contributed by atoms with E-state index < -0.39 is 40.6 Å². The first-order chi connectivity index (χ1) is 10.4. The third kappa shape index (κ3) is 4.78. The molecule has 0 spiro atoms. The molecule has 1 rings (SSSR count). The molecule has 23 heavy (non-hydrogen) atoms. The van der Waals surface area contributed by atoms with Gasteiger partial charge in [0.2, 0.25) is 0 Å². The van der Waals surface area contributed by atoms with Crippen molar-refractivity contribution < 1.29 is 44.3 Å². The summed E-state index contributed by atoms with van der Waals surface area (Å²) < 4.78 is 82.6. The van der Waals surface area contributed by atoms with Gasteiger partial charge >= 0.3 is 24.3 Å². The summed E-state index contributed by atoms with van der Waals surface area (Å²) in [7, 11) is -3.92. The molecule has 0 amide bonds. The van der Waals surface area contributed by atoms with E-state index in [9.17, 15) is 35.9 Å². The van der Waals surface area contributed by atoms with Crippen LogP contribution >= 0.6 is 10.6 Å². The van der Waals surface area contributed by atoms with Crippen molar-refractivity contribution in [2.24, 2.45) is 0 Å². The van der Waals surface area contributed by atoms with E-state index in [-0.39, 0.29) is 4.90 Å². The van der Waals surface area contributed by atoms with E-state index >= 15 is 0 Å². The van der Waals surface area contributed by atoms with Gasteiger partial charge in [0.05, 0.1) is 10.6 Å². The molecule has 0 heterocycles. The molecule has 0 aliphatic rings. The molecule has 0 bridgehead atoms. The lowest BCUT2D eigenvalue weighted by atomic mass is 10.4. The van der Waals surface area contributed by atoms with Crippen LogP contribution in [0.4, 0.5) is 26.3 Å². The molecule has 0 saturated heterocycles. The summed E-state index contributed by atoms with van der Waals surface area (Å²) >= 11 is 0. The Morgan fingerprint density at radius 1 is 0.913 bits per heavy atom. The van der Waals surface area contributed by atoms with Crippen molar-refractivity contribution in [3.63, 3.8) is 0 Å². The third-order valence-electron chi connectivity index (χ3n) is 2.37. The molecule has 0 unspecified atom stereocenters. The van der Waals surface area contributed by atoms with Crippen molar-refractivity contribution in [1.82, 2.24) is 0 Å². The molecule has 130 valence electrons. The molecule has 0 atom stereocenters. The molecule has 0 aliphatic heterocycles. The Balaban J connectivity index is 3.29. The minimum atomic E-state index is -5.45. The Bertz CT molecular complexity index is 541. The highest BCUT2D eigenvalue weighted by molar-refractivity contribution is 8.26. The predicted molar refractivity (Wildman–Crippen MR) is 67.1 cm³/mol. The predicted octanol–water partition coefficient (Wildman–Crippen LogP) is 3.91. The van der Waals surface area contributed by atoms with E-state index in [4.69, 9.17) is 0 Å². The zero-order chi connectivity index (χ0) is 17.9. The summed E-state index contributed by atoms with van der Waals surface area (Å²) in [5.74, 6) is -6.07. The second kappa shape index (κ2) is 6.69. The average molecular weight is 364 g/mol. The summed E-state index contributed by atoms with van der Waals surface area (Å²) in [5, 5.41) is 0. The molecule has 0 aliphatic carbocycles. The van der Waals surface area contributed by atoms with E-state index in [2.05, 4.69) is 8.37 Å². The number of hydrogen-bond acceptors (Lipinski definition) is 4. The van der Waals surface area contributed by atoms with Crippen LogP contribution in [0.2, 0.25) is 0 Å². The number of alkyl halides is 6. The summed E-state index contributed by atoms with van der Waals surface area (Å²) in [4.78, 5) is 21.8. The van der Waals surface area contributed by atoms with Crippen molar-refractivity contribution in [2.75, 3.05) is 5.75 Å². The number of hydrogen-bond donors (Lipinski definition) is 0. The highest BCUT2D eigenvalue weighted by Crippen LogP contribution is 2.59. The molecule has 0 saturated carbocycles. The van der Waals surface area contributed by atoms with E-state index in [1.165, 1.54) is 18.2 Å². The Hall–Kier alpha value is -1.91. The highest BCUT2D eigenvalue weighted by Gasteiger charge is 2.49. The average Bonchev–Trinajstić information content (AvgIpc) is 2.45. The first-order valence-corrected chi connectivity index (χ1v) is 7.55. The Morgan fingerprint density at radius 2 is 1.30 bits per heavy atom. The lowest BCUT2D eigenvalue weighted by Gasteiger charge is -2.40. The van der Waals surface area contributed by atoms with Crippen LogP contribution in [0.1, 0.15) is 6.92 Å². The number of halogens is 6. The van der Waals surface area contributed by atoms with Gasteiger partial charge in [0, 0.05) is 0 Å². The topological polar surface area (TPSA) is 52.6 Å². The van der Waals surface area contributed by atoms with Gasteiger partial charge in [-0.15, -0.1) is 0 Å². The minimum absolute atomic E-state index is 0.266. The number of carbonyl (C=O) groups excluding carboxylic acids is 2. The van der Waals surface area contributed by atoms with Crippen LogP contribution in [-0.4, -0.2) is 30.0 Å². The van der Waals surface area contributed by atoms with Crippen LogP contribution in [-0.2, 0) is 18.0 Å². The second-order valence-corrected chi connectivity index (χ2v) is 6.57. The van der Waals surface area contributed by atoms with Crippen LogP contribution in [0.15, 0.2) is 35.2 Å². The molecule has 0 radical (unpaired) electrons. The van der Waals surface area contributed by atoms with Gasteiger partial charge in [-0.25, -0.2) is 9.59 Å². The van der Waals surface area contributed by atoms with Gasteiger partial charge in [-0.05, 0) is 19.1 Å². The summed E-state index contributed by atoms with van der Waals surface area (Å²) in [6.45, 7) is 1.13. The van der Waals surface area contributed by atoms with Crippen LogP contribution in [0, 0.1) is 0 Å². The van der Waals surface area contributed by atoms with Crippen molar-refractivity contribution in [3.05, 3.63) is 30.3 Å². The molecule has 1 aromatic rings. The number of carbonyl (C=O) groups is 2. The van der Waals surface area contributed by atoms with Crippen LogP contribution in [0.25, 0.3) is 0 Å². The first kappa shape index (κ1) is 19.1. The van der Waals surface area contributed by atoms with Gasteiger partial charge < -0.3 is 8.37 Å². The van der Waals surface area contributed by atoms with Gasteiger partial charge in [-0.3, -0.25) is 0 Å². The SMILES string of the molecule is CCS(OC(=O)C(F)(F)F)(OC(=O)C(F)(F)F)c1ccccc1. The van der Waals surface area contributed by atoms with Crippen molar-refractivity contribution in [1.29, 1.82) is 0 Å². The molecule has 0 N–H and O–H groups in total. The largest absolute Gasteiger partial charge is 0.492 e. The Kier molecular flexibility index (Phi) is 5.56. The van der Waals surface area contributed by atoms with Gasteiger partial charge in [0.15, 0.2) is 0 Å². The fourth-order valence-electron chi connectivity index (χ4n) is 1.36. The zero-order valence-electron chi connectivity index (χ0n) is 11.4. The fraction of sp³-hybridized carbons (Fsp3) is 0.333. The van der Waals surface area contributed by atoms with Crippen LogP contribution < -0.4 is 0 Å². The van der Waals surface area contributed by atoms with Gasteiger partial charge in [0.1, 0.15) is 0 Å². The fourth-order valence-corrected chi connectivity index (χ4v) is 3.41. The summed E-state index contributed by atoms with van der Waals surface area (Å²) in [5.41, 5.74) is 0. The van der Waals surface area contributed by atoms with Crippen molar-refractivity contribution >= 4 is 22.5 Å². The molecule has 11 heteroatoms. The second-order valence-electron chi connectivity index (χ2n) is 3.95.